The number of benzene rings is 2. The van der Waals surface area contributed by atoms with E-state index >= 15 is 0 Å². The van der Waals surface area contributed by atoms with Gasteiger partial charge in [-0.05, 0) is 75.2 Å². The van der Waals surface area contributed by atoms with Crippen molar-refractivity contribution in [3.05, 3.63) is 64.7 Å². The number of carbonyl (C=O) groups excluding carboxylic acids is 1. The highest BCUT2D eigenvalue weighted by atomic mass is 35.5. The lowest BCUT2D eigenvalue weighted by atomic mass is 9.84. The highest BCUT2D eigenvalue weighted by molar-refractivity contribution is 8.09. The van der Waals surface area contributed by atoms with Crippen molar-refractivity contribution < 1.29 is 18.1 Å². The molecule has 164 valence electrons. The van der Waals surface area contributed by atoms with Crippen LogP contribution in [0.3, 0.4) is 0 Å². The minimum atomic E-state index is -4.53. The molecule has 0 saturated carbocycles. The van der Waals surface area contributed by atoms with E-state index in [1.54, 1.807) is 36.4 Å². The molecule has 0 spiro atoms. The molecule has 3 fully saturated rings. The van der Waals surface area contributed by atoms with E-state index in [0.29, 0.717) is 22.5 Å². The Hall–Kier alpha value is -1.77. The molecule has 1 amide bonds. The quantitative estimate of drug-likeness (QED) is 0.656. The Bertz CT molecular complexity index is 937. The number of nitrogens with zero attached hydrogens (tertiary/aromatic N) is 1. The van der Waals surface area contributed by atoms with Gasteiger partial charge < -0.3 is 19.3 Å². The Kier molecular flexibility index (Phi) is 6.69. The number of halogens is 1. The lowest BCUT2D eigenvalue weighted by Crippen LogP contribution is -2.57. The summed E-state index contributed by atoms with van der Waals surface area (Å²) in [6.07, 6.45) is 3.35. The molecule has 30 heavy (non-hydrogen) atoms. The van der Waals surface area contributed by atoms with Gasteiger partial charge in [0.2, 0.25) is 0 Å². The van der Waals surface area contributed by atoms with Crippen LogP contribution in [0.5, 0.6) is 0 Å². The third-order valence-corrected chi connectivity index (χ3v) is 7.25. The normalized spacial score (nSPS) is 24.2. The summed E-state index contributed by atoms with van der Waals surface area (Å²) in [4.78, 5) is 14.6. The van der Waals surface area contributed by atoms with E-state index in [1.807, 2.05) is 6.92 Å². The topological polar surface area (TPSA) is 89.9 Å². The molecule has 3 heterocycles. The van der Waals surface area contributed by atoms with Crippen molar-refractivity contribution in [1.82, 2.24) is 10.2 Å². The molecule has 1 unspecified atom stereocenters. The SMILES string of the molecule is Cc1ccc(S(C)(=O)(O)O)cc1.O=C(NC1CN2CCC1CC2)c1ccc(Cl)cc1. The van der Waals surface area contributed by atoms with Crippen LogP contribution in [0.4, 0.5) is 0 Å². The van der Waals surface area contributed by atoms with Crippen molar-refractivity contribution in [1.29, 1.82) is 0 Å². The van der Waals surface area contributed by atoms with Crippen molar-refractivity contribution in [3.63, 3.8) is 0 Å². The van der Waals surface area contributed by atoms with Gasteiger partial charge >= 0.3 is 0 Å². The van der Waals surface area contributed by atoms with E-state index in [1.165, 1.54) is 38.1 Å². The van der Waals surface area contributed by atoms with Crippen LogP contribution >= 0.6 is 11.6 Å². The van der Waals surface area contributed by atoms with Crippen molar-refractivity contribution in [2.24, 2.45) is 5.92 Å². The van der Waals surface area contributed by atoms with Crippen LogP contribution in [0.2, 0.25) is 5.02 Å². The van der Waals surface area contributed by atoms with E-state index in [0.717, 1.165) is 18.4 Å². The lowest BCUT2D eigenvalue weighted by molar-refractivity contribution is 0.0620. The standard InChI is InChI=1S/C14H17ClN2O.C8H12O3S/c15-12-3-1-11(2-4-12)14(18)16-13-9-17-7-5-10(13)6-8-17;1-7-3-5-8(6-4-7)12(2,9,10)11/h1-4,10,13H,5-9H2,(H,16,18);3-6H,1-2H3,(H2,9,10,11). The number of rotatable bonds is 3. The van der Waals surface area contributed by atoms with Gasteiger partial charge in [-0.15, -0.1) is 0 Å². The van der Waals surface area contributed by atoms with Crippen molar-refractivity contribution in [2.45, 2.75) is 30.7 Å². The van der Waals surface area contributed by atoms with Crippen LogP contribution in [0.1, 0.15) is 28.8 Å². The maximum absolute atomic E-state index is 12.1. The first-order valence-electron chi connectivity index (χ1n) is 9.98. The first-order valence-corrected chi connectivity index (χ1v) is 12.6. The van der Waals surface area contributed by atoms with Gasteiger partial charge in [-0.2, -0.15) is 0 Å². The van der Waals surface area contributed by atoms with Gasteiger partial charge in [0.25, 0.3) is 5.91 Å². The van der Waals surface area contributed by atoms with Crippen LogP contribution in [0, 0.1) is 12.8 Å². The molecule has 3 aliphatic rings. The third kappa shape index (κ3) is 6.12. The van der Waals surface area contributed by atoms with Gasteiger partial charge in [-0.1, -0.05) is 29.3 Å². The summed E-state index contributed by atoms with van der Waals surface area (Å²) in [5, 5.41) is 3.82. The second-order valence-corrected chi connectivity index (χ2v) is 11.6. The fourth-order valence-corrected chi connectivity index (χ4v) is 4.72. The van der Waals surface area contributed by atoms with Crippen LogP contribution in [-0.2, 0) is 9.63 Å². The Morgan fingerprint density at radius 1 is 1.07 bits per heavy atom. The number of aryl methyl sites for hydroxylation is 1. The second kappa shape index (κ2) is 8.77. The fraction of sp³-hybridized carbons (Fsp3) is 0.409. The summed E-state index contributed by atoms with van der Waals surface area (Å²) in [5.74, 6) is 0.677. The molecular formula is C22H29ClN2O4S. The summed E-state index contributed by atoms with van der Waals surface area (Å²) >= 11 is 5.82. The molecule has 3 saturated heterocycles. The maximum Gasteiger partial charge on any atom is 0.251 e. The van der Waals surface area contributed by atoms with E-state index < -0.39 is 9.63 Å². The van der Waals surface area contributed by atoms with E-state index in [9.17, 15) is 9.00 Å². The average molecular weight is 453 g/mol. The summed E-state index contributed by atoms with van der Waals surface area (Å²) in [7, 11) is -4.53. The van der Waals surface area contributed by atoms with Gasteiger partial charge in [-0.25, -0.2) is 4.21 Å². The zero-order chi connectivity index (χ0) is 22.0. The molecule has 2 aromatic rings. The summed E-state index contributed by atoms with van der Waals surface area (Å²) in [6, 6.07) is 13.6. The van der Waals surface area contributed by atoms with Crippen molar-refractivity contribution >= 4 is 27.1 Å². The Morgan fingerprint density at radius 2 is 1.63 bits per heavy atom. The molecule has 6 nitrogen and oxygen atoms in total. The van der Waals surface area contributed by atoms with Crippen LogP contribution in [0.25, 0.3) is 0 Å². The predicted octanol–water partition coefficient (Wildman–Crippen LogP) is 3.91. The largest absolute Gasteiger partial charge is 0.348 e. The minimum Gasteiger partial charge on any atom is -0.348 e. The number of amides is 1. The molecule has 0 aromatic heterocycles. The monoisotopic (exact) mass is 452 g/mol. The number of piperidine rings is 3. The van der Waals surface area contributed by atoms with Crippen LogP contribution in [-0.4, -0.2) is 56.1 Å². The number of carbonyl (C=O) groups is 1. The van der Waals surface area contributed by atoms with Gasteiger partial charge in [0.05, 0.1) is 4.90 Å². The van der Waals surface area contributed by atoms with Gasteiger partial charge in [-0.3, -0.25) is 4.79 Å². The molecule has 5 rings (SSSR count). The third-order valence-electron chi connectivity index (χ3n) is 5.64. The lowest BCUT2D eigenvalue weighted by Gasteiger charge is -2.44. The summed E-state index contributed by atoms with van der Waals surface area (Å²) in [6.45, 7) is 5.26. The number of fused-ring (bicyclic) bond motifs is 3. The highest BCUT2D eigenvalue weighted by Gasteiger charge is 2.34. The van der Waals surface area contributed by atoms with Crippen molar-refractivity contribution in [3.8, 4) is 0 Å². The van der Waals surface area contributed by atoms with Gasteiger partial charge in [0.15, 0.2) is 0 Å². The van der Waals surface area contributed by atoms with E-state index in [4.69, 9.17) is 20.7 Å². The molecule has 2 bridgehead atoms. The molecule has 3 aliphatic heterocycles. The number of nitrogens with one attached hydrogen (secondary N) is 1. The smallest absolute Gasteiger partial charge is 0.251 e. The summed E-state index contributed by atoms with van der Waals surface area (Å²) < 4.78 is 29.5. The van der Waals surface area contributed by atoms with E-state index in [-0.39, 0.29) is 10.8 Å². The van der Waals surface area contributed by atoms with E-state index in [2.05, 4.69) is 10.2 Å². The Balaban J connectivity index is 0.000000187. The Morgan fingerprint density at radius 3 is 2.10 bits per heavy atom. The predicted molar refractivity (Wildman–Crippen MR) is 121 cm³/mol. The summed E-state index contributed by atoms with van der Waals surface area (Å²) in [5.41, 5.74) is 1.67. The number of hydrogen-bond acceptors (Lipinski definition) is 3. The molecule has 2 aromatic carbocycles. The molecule has 0 radical (unpaired) electrons. The Labute approximate surface area is 182 Å². The van der Waals surface area contributed by atoms with Crippen LogP contribution < -0.4 is 5.32 Å². The molecule has 8 heteroatoms. The van der Waals surface area contributed by atoms with Crippen molar-refractivity contribution in [2.75, 3.05) is 25.9 Å². The fourth-order valence-electron chi connectivity index (χ4n) is 3.83. The molecular weight excluding hydrogens is 424 g/mol. The molecule has 3 N–H and O–H groups in total. The zero-order valence-electron chi connectivity index (χ0n) is 17.3. The second-order valence-electron chi connectivity index (χ2n) is 8.27. The highest BCUT2D eigenvalue weighted by Crippen LogP contribution is 2.28. The van der Waals surface area contributed by atoms with Gasteiger partial charge in [0, 0.05) is 29.4 Å². The average Bonchev–Trinajstić information content (AvgIpc) is 2.69. The molecule has 0 aliphatic carbocycles. The van der Waals surface area contributed by atoms with Gasteiger partial charge in [0.1, 0.15) is 9.63 Å². The zero-order valence-corrected chi connectivity index (χ0v) is 18.8. The number of hydrogen-bond donors (Lipinski definition) is 3. The minimum absolute atomic E-state index is 0.0189. The maximum atomic E-state index is 12.1. The molecule has 1 atom stereocenters. The first kappa shape index (κ1) is 22.9. The first-order chi connectivity index (χ1) is 14.0. The van der Waals surface area contributed by atoms with Crippen LogP contribution in [0.15, 0.2) is 53.4 Å².